The molecule has 0 amide bonds. The van der Waals surface area contributed by atoms with E-state index in [1.165, 1.54) is 4.90 Å². The van der Waals surface area contributed by atoms with E-state index in [1.54, 1.807) is 18.5 Å². The largest absolute Gasteiger partial charge is 0.393 e. The smallest absolute Gasteiger partial charge is 0.312 e. The highest BCUT2D eigenvalue weighted by Gasteiger charge is 2.25. The average molecular weight is 255 g/mol. The lowest BCUT2D eigenvalue weighted by Gasteiger charge is -2.26. The van der Waals surface area contributed by atoms with Crippen molar-refractivity contribution in [3.63, 3.8) is 0 Å². The van der Waals surface area contributed by atoms with Crippen LogP contribution in [0.1, 0.15) is 24.2 Å². The van der Waals surface area contributed by atoms with Crippen molar-refractivity contribution in [2.45, 2.75) is 39.5 Å². The summed E-state index contributed by atoms with van der Waals surface area (Å²) in [6.07, 6.45) is 1.39. The quantitative estimate of drug-likeness (QED) is 0.558. The van der Waals surface area contributed by atoms with Crippen molar-refractivity contribution in [1.29, 1.82) is 0 Å². The summed E-state index contributed by atoms with van der Waals surface area (Å²) in [6, 6.07) is 0. The van der Waals surface area contributed by atoms with E-state index < -0.39 is 0 Å². The number of hydrogen-bond acceptors (Lipinski definition) is 4. The number of quaternary nitrogens is 1. The van der Waals surface area contributed by atoms with Crippen molar-refractivity contribution in [3.05, 3.63) is 21.5 Å². The van der Waals surface area contributed by atoms with Crippen LogP contribution in [0, 0.1) is 24.0 Å². The Kier molecular flexibility index (Phi) is 3.63. The van der Waals surface area contributed by atoms with Gasteiger partial charge < -0.3 is 10.0 Å². The number of aryl methyl sites for hydroxylation is 1. The Morgan fingerprint density at radius 1 is 1.50 bits per heavy atom. The van der Waals surface area contributed by atoms with E-state index in [-0.39, 0.29) is 16.7 Å². The lowest BCUT2D eigenvalue weighted by Crippen LogP contribution is -3.12. The molecule has 1 aromatic rings. The molecule has 2 rings (SSSR count). The van der Waals surface area contributed by atoms with Gasteiger partial charge in [0.15, 0.2) is 6.67 Å². The van der Waals surface area contributed by atoms with Gasteiger partial charge in [-0.25, -0.2) is 4.68 Å². The third kappa shape index (κ3) is 2.51. The van der Waals surface area contributed by atoms with Crippen LogP contribution in [0.25, 0.3) is 0 Å². The van der Waals surface area contributed by atoms with Gasteiger partial charge in [-0.05, 0) is 13.8 Å². The molecule has 1 aliphatic rings. The van der Waals surface area contributed by atoms with Crippen LogP contribution in [0.5, 0.6) is 0 Å². The molecule has 0 atom stereocenters. The van der Waals surface area contributed by atoms with E-state index in [0.717, 1.165) is 25.9 Å². The molecule has 0 spiro atoms. The maximum Gasteiger partial charge on any atom is 0.312 e. The molecule has 18 heavy (non-hydrogen) atoms. The van der Waals surface area contributed by atoms with Crippen molar-refractivity contribution >= 4 is 5.69 Å². The van der Waals surface area contributed by atoms with Crippen molar-refractivity contribution < 1.29 is 14.9 Å². The van der Waals surface area contributed by atoms with E-state index in [2.05, 4.69) is 5.10 Å². The van der Waals surface area contributed by atoms with Gasteiger partial charge in [-0.3, -0.25) is 10.1 Å². The van der Waals surface area contributed by atoms with Gasteiger partial charge in [0.1, 0.15) is 11.4 Å². The summed E-state index contributed by atoms with van der Waals surface area (Å²) < 4.78 is 1.71. The van der Waals surface area contributed by atoms with Crippen molar-refractivity contribution in [2.24, 2.45) is 0 Å². The minimum absolute atomic E-state index is 0.117. The second kappa shape index (κ2) is 5.03. The zero-order chi connectivity index (χ0) is 13.3. The van der Waals surface area contributed by atoms with Crippen molar-refractivity contribution in [2.75, 3.05) is 13.1 Å². The molecule has 0 saturated carbocycles. The highest BCUT2D eigenvalue weighted by atomic mass is 16.6. The topological polar surface area (TPSA) is 85.6 Å². The van der Waals surface area contributed by atoms with E-state index in [9.17, 15) is 15.2 Å². The van der Waals surface area contributed by atoms with Crippen LogP contribution in [0.3, 0.4) is 0 Å². The fourth-order valence-corrected chi connectivity index (χ4v) is 2.49. The third-order valence-corrected chi connectivity index (χ3v) is 3.56. The Bertz CT molecular complexity index is 449. The Morgan fingerprint density at radius 2 is 2.11 bits per heavy atom. The van der Waals surface area contributed by atoms with Gasteiger partial charge in [-0.15, -0.1) is 0 Å². The first-order valence-corrected chi connectivity index (χ1v) is 6.19. The van der Waals surface area contributed by atoms with Crippen molar-refractivity contribution in [1.82, 2.24) is 9.78 Å². The van der Waals surface area contributed by atoms with Gasteiger partial charge in [-0.2, -0.15) is 5.10 Å². The molecule has 7 nitrogen and oxygen atoms in total. The Morgan fingerprint density at radius 3 is 2.61 bits per heavy atom. The van der Waals surface area contributed by atoms with Crippen LogP contribution in [-0.2, 0) is 6.67 Å². The Hall–Kier alpha value is -1.47. The molecule has 1 aromatic heterocycles. The van der Waals surface area contributed by atoms with Gasteiger partial charge in [0.25, 0.3) is 0 Å². The minimum atomic E-state index is -0.372. The number of aromatic nitrogens is 2. The highest BCUT2D eigenvalue weighted by Crippen LogP contribution is 2.20. The van der Waals surface area contributed by atoms with E-state index in [4.69, 9.17) is 0 Å². The maximum atomic E-state index is 10.9. The van der Waals surface area contributed by atoms with Gasteiger partial charge in [0.2, 0.25) is 0 Å². The Labute approximate surface area is 105 Å². The summed E-state index contributed by atoms with van der Waals surface area (Å²) in [6.45, 7) is 5.79. The fourth-order valence-electron chi connectivity index (χ4n) is 2.49. The molecular weight excluding hydrogens is 236 g/mol. The van der Waals surface area contributed by atoms with Crippen molar-refractivity contribution in [3.8, 4) is 0 Å². The number of rotatable bonds is 3. The third-order valence-electron chi connectivity index (χ3n) is 3.56. The number of likely N-dealkylation sites (tertiary alicyclic amines) is 1. The number of nitro groups is 1. The number of aliphatic hydroxyl groups is 1. The molecular formula is C11H19N4O3+. The monoisotopic (exact) mass is 255 g/mol. The number of hydrogen-bond donors (Lipinski definition) is 2. The first-order valence-electron chi connectivity index (χ1n) is 6.19. The first-order chi connectivity index (χ1) is 8.49. The van der Waals surface area contributed by atoms with E-state index in [1.807, 2.05) is 0 Å². The minimum Gasteiger partial charge on any atom is -0.393 e. The summed E-state index contributed by atoms with van der Waals surface area (Å²) >= 11 is 0. The number of piperidine rings is 1. The predicted octanol–water partition coefficient (Wildman–Crippen LogP) is -0.595. The summed E-state index contributed by atoms with van der Waals surface area (Å²) in [4.78, 5) is 11.8. The van der Waals surface area contributed by atoms with Crippen LogP contribution >= 0.6 is 0 Å². The standard InChI is InChI=1S/C11H18N4O3/c1-8-11(15(17)18)9(2)14(12-8)7-13-5-3-10(16)4-6-13/h10,16H,3-7H2,1-2H3/p+1. The number of nitrogens with one attached hydrogen (secondary N) is 1. The normalized spacial score (nSPS) is 24.2. The molecule has 0 radical (unpaired) electrons. The molecule has 1 saturated heterocycles. The SMILES string of the molecule is Cc1nn(C[NH+]2CCC(O)CC2)c(C)c1[N+](=O)[O-]. The summed E-state index contributed by atoms with van der Waals surface area (Å²) in [5, 5.41) is 24.6. The zero-order valence-corrected chi connectivity index (χ0v) is 10.7. The Balaban J connectivity index is 2.10. The second-order valence-electron chi connectivity index (χ2n) is 4.92. The molecule has 7 heteroatoms. The molecule has 100 valence electrons. The number of aliphatic hydroxyl groups excluding tert-OH is 1. The molecule has 0 bridgehead atoms. The molecule has 1 aliphatic heterocycles. The molecule has 0 aromatic carbocycles. The zero-order valence-electron chi connectivity index (χ0n) is 10.7. The lowest BCUT2D eigenvalue weighted by molar-refractivity contribution is -0.929. The van der Waals surface area contributed by atoms with Crippen LogP contribution in [0.4, 0.5) is 5.69 Å². The van der Waals surface area contributed by atoms with Gasteiger partial charge in [-0.1, -0.05) is 0 Å². The van der Waals surface area contributed by atoms with Gasteiger partial charge >= 0.3 is 5.69 Å². The molecule has 2 N–H and O–H groups in total. The molecule has 1 fully saturated rings. The van der Waals surface area contributed by atoms with Crippen LogP contribution in [0.15, 0.2) is 0 Å². The van der Waals surface area contributed by atoms with Crippen LogP contribution in [-0.4, -0.2) is 39.0 Å². The van der Waals surface area contributed by atoms with E-state index in [0.29, 0.717) is 18.1 Å². The molecule has 0 unspecified atom stereocenters. The van der Waals surface area contributed by atoms with Crippen LogP contribution in [0.2, 0.25) is 0 Å². The lowest BCUT2D eigenvalue weighted by atomic mass is 10.1. The average Bonchev–Trinajstić information content (AvgIpc) is 2.57. The fraction of sp³-hybridized carbons (Fsp3) is 0.727. The highest BCUT2D eigenvalue weighted by molar-refractivity contribution is 5.39. The maximum absolute atomic E-state index is 10.9. The predicted molar refractivity (Wildman–Crippen MR) is 64.3 cm³/mol. The summed E-state index contributed by atoms with van der Waals surface area (Å²) in [5.41, 5.74) is 1.19. The van der Waals surface area contributed by atoms with Crippen LogP contribution < -0.4 is 4.90 Å². The molecule has 0 aliphatic carbocycles. The first kappa shape index (κ1) is 13.0. The summed E-state index contributed by atoms with van der Waals surface area (Å²) in [5.74, 6) is 0. The van der Waals surface area contributed by atoms with Gasteiger partial charge in [0.05, 0.1) is 24.1 Å². The molecule has 2 heterocycles. The van der Waals surface area contributed by atoms with E-state index >= 15 is 0 Å². The summed E-state index contributed by atoms with van der Waals surface area (Å²) in [7, 11) is 0. The number of nitrogens with zero attached hydrogens (tertiary/aromatic N) is 3. The van der Waals surface area contributed by atoms with Gasteiger partial charge in [0, 0.05) is 12.8 Å². The second-order valence-corrected chi connectivity index (χ2v) is 4.92.